The molecule has 3 heterocycles. The molecule has 4 rings (SSSR count). The van der Waals surface area contributed by atoms with Gasteiger partial charge in [-0.2, -0.15) is 0 Å². The van der Waals surface area contributed by atoms with E-state index in [-0.39, 0.29) is 17.2 Å². The number of carbonyl (C=O) groups excluding carboxylic acids is 1. The Hall–Kier alpha value is -3.24. The Morgan fingerprint density at radius 3 is 2.57 bits per heavy atom. The molecule has 0 bridgehead atoms. The van der Waals surface area contributed by atoms with E-state index < -0.39 is 10.0 Å². The normalized spacial score (nSPS) is 14.1. The molecule has 158 valence electrons. The summed E-state index contributed by atoms with van der Waals surface area (Å²) in [5, 5.41) is 10.2. The van der Waals surface area contributed by atoms with Crippen LogP contribution in [0, 0.1) is 0 Å². The van der Waals surface area contributed by atoms with Gasteiger partial charge in [0.25, 0.3) is 16.5 Å². The monoisotopic (exact) mass is 430 g/mol. The standard InChI is InChI=1S/C19H20N4O3S.CH2O2/c1-14(24)15-4-2-5-16(12-15)27(25,26)23-13-18(22-10-8-20-9-11-22)19-17(23)6-3-7-21-19;2-1-3/h2-7,12-13,20H,8-11H2,1H3;1H,(H,2,3). The highest BCUT2D eigenvalue weighted by atomic mass is 32.2. The van der Waals surface area contributed by atoms with Crippen molar-refractivity contribution < 1.29 is 23.1 Å². The maximum atomic E-state index is 13.3. The van der Waals surface area contributed by atoms with Crippen LogP contribution in [-0.4, -0.2) is 60.9 Å². The number of ketones is 1. The second kappa shape index (κ2) is 9.06. The molecule has 0 radical (unpaired) electrons. The second-order valence-corrected chi connectivity index (χ2v) is 8.43. The first-order chi connectivity index (χ1) is 14.4. The van der Waals surface area contributed by atoms with Crippen LogP contribution in [-0.2, 0) is 14.8 Å². The van der Waals surface area contributed by atoms with Crippen LogP contribution in [0.4, 0.5) is 5.69 Å². The van der Waals surface area contributed by atoms with E-state index in [1.54, 1.807) is 36.7 Å². The molecular formula is C20H22N4O5S. The predicted octanol–water partition coefficient (Wildman–Crippen LogP) is 1.59. The van der Waals surface area contributed by atoms with Crippen LogP contribution in [0.15, 0.2) is 53.7 Å². The van der Waals surface area contributed by atoms with Gasteiger partial charge in [-0.05, 0) is 31.2 Å². The van der Waals surface area contributed by atoms with Crippen molar-refractivity contribution in [2.45, 2.75) is 11.8 Å². The smallest absolute Gasteiger partial charge is 0.290 e. The Labute approximate surface area is 174 Å². The van der Waals surface area contributed by atoms with Crippen molar-refractivity contribution in [3.8, 4) is 0 Å². The number of hydrogen-bond acceptors (Lipinski definition) is 7. The van der Waals surface area contributed by atoms with Gasteiger partial charge in [-0.3, -0.25) is 14.6 Å². The van der Waals surface area contributed by atoms with E-state index in [4.69, 9.17) is 9.90 Å². The van der Waals surface area contributed by atoms with E-state index in [0.717, 1.165) is 31.9 Å². The summed E-state index contributed by atoms with van der Waals surface area (Å²) in [7, 11) is -3.86. The molecule has 0 unspecified atom stereocenters. The van der Waals surface area contributed by atoms with Gasteiger partial charge in [0.1, 0.15) is 5.52 Å². The number of hydrogen-bond donors (Lipinski definition) is 2. The number of benzene rings is 1. The summed E-state index contributed by atoms with van der Waals surface area (Å²) in [5.41, 5.74) is 2.36. The van der Waals surface area contributed by atoms with Crippen LogP contribution >= 0.6 is 0 Å². The van der Waals surface area contributed by atoms with Crippen molar-refractivity contribution in [3.63, 3.8) is 0 Å². The van der Waals surface area contributed by atoms with E-state index in [9.17, 15) is 13.2 Å². The van der Waals surface area contributed by atoms with Crippen molar-refractivity contribution in [1.82, 2.24) is 14.3 Å². The van der Waals surface area contributed by atoms with Crippen LogP contribution < -0.4 is 10.2 Å². The summed E-state index contributed by atoms with van der Waals surface area (Å²) < 4.78 is 27.9. The van der Waals surface area contributed by atoms with Gasteiger partial charge in [-0.25, -0.2) is 12.4 Å². The number of fused-ring (bicyclic) bond motifs is 1. The summed E-state index contributed by atoms with van der Waals surface area (Å²) in [4.78, 5) is 26.7. The van der Waals surface area contributed by atoms with Gasteiger partial charge < -0.3 is 15.3 Å². The van der Waals surface area contributed by atoms with Crippen molar-refractivity contribution in [2.75, 3.05) is 31.1 Å². The van der Waals surface area contributed by atoms with E-state index in [1.165, 1.54) is 23.0 Å². The maximum Gasteiger partial charge on any atom is 0.290 e. The van der Waals surface area contributed by atoms with E-state index >= 15 is 0 Å². The van der Waals surface area contributed by atoms with E-state index in [2.05, 4.69) is 15.2 Å². The number of carboxylic acid groups (broad SMARTS) is 1. The lowest BCUT2D eigenvalue weighted by molar-refractivity contribution is -0.122. The minimum Gasteiger partial charge on any atom is -0.483 e. The lowest BCUT2D eigenvalue weighted by Gasteiger charge is -2.28. The molecule has 0 amide bonds. The highest BCUT2D eigenvalue weighted by Gasteiger charge is 2.25. The minimum absolute atomic E-state index is 0.0859. The van der Waals surface area contributed by atoms with Crippen molar-refractivity contribution in [2.24, 2.45) is 0 Å². The number of carbonyl (C=O) groups is 2. The molecule has 1 fully saturated rings. The molecule has 1 aromatic carbocycles. The Morgan fingerprint density at radius 2 is 1.90 bits per heavy atom. The molecule has 3 aromatic rings. The van der Waals surface area contributed by atoms with Crippen molar-refractivity contribution in [3.05, 3.63) is 54.4 Å². The topological polar surface area (TPSA) is 122 Å². The molecule has 0 atom stereocenters. The quantitative estimate of drug-likeness (QED) is 0.473. The maximum absolute atomic E-state index is 13.3. The summed E-state index contributed by atoms with van der Waals surface area (Å²) in [6, 6.07) is 9.61. The van der Waals surface area contributed by atoms with Gasteiger partial charge in [0.2, 0.25) is 0 Å². The van der Waals surface area contributed by atoms with E-state index in [0.29, 0.717) is 16.6 Å². The lowest BCUT2D eigenvalue weighted by Crippen LogP contribution is -2.43. The molecule has 2 aromatic heterocycles. The van der Waals surface area contributed by atoms with E-state index in [1.807, 2.05) is 0 Å². The largest absolute Gasteiger partial charge is 0.483 e. The number of Topliss-reactive ketones (excluding diaryl/α,β-unsaturated/α-hetero) is 1. The number of pyridine rings is 1. The highest BCUT2D eigenvalue weighted by Crippen LogP contribution is 2.31. The number of rotatable bonds is 4. The molecule has 1 saturated heterocycles. The summed E-state index contributed by atoms with van der Waals surface area (Å²) in [5.74, 6) is -0.174. The average Bonchev–Trinajstić information content (AvgIpc) is 3.16. The molecular weight excluding hydrogens is 408 g/mol. The van der Waals surface area contributed by atoms with Crippen LogP contribution in [0.3, 0.4) is 0 Å². The fraction of sp³-hybridized carbons (Fsp3) is 0.250. The number of nitrogens with one attached hydrogen (secondary N) is 1. The third-order valence-electron chi connectivity index (χ3n) is 4.76. The van der Waals surface area contributed by atoms with Crippen LogP contribution in [0.1, 0.15) is 17.3 Å². The number of nitrogens with zero attached hydrogens (tertiary/aromatic N) is 3. The molecule has 30 heavy (non-hydrogen) atoms. The molecule has 1 aliphatic heterocycles. The van der Waals surface area contributed by atoms with Gasteiger partial charge in [-0.1, -0.05) is 12.1 Å². The van der Waals surface area contributed by atoms with Crippen LogP contribution in [0.2, 0.25) is 0 Å². The fourth-order valence-corrected chi connectivity index (χ4v) is 4.74. The lowest BCUT2D eigenvalue weighted by atomic mass is 10.2. The summed E-state index contributed by atoms with van der Waals surface area (Å²) in [6.45, 7) is 4.42. The Morgan fingerprint density at radius 1 is 1.20 bits per heavy atom. The molecule has 2 N–H and O–H groups in total. The van der Waals surface area contributed by atoms with Crippen molar-refractivity contribution >= 4 is 39.0 Å². The Kier molecular flexibility index (Phi) is 6.48. The van der Waals surface area contributed by atoms with Gasteiger partial charge in [-0.15, -0.1) is 0 Å². The third kappa shape index (κ3) is 4.19. The number of aromatic nitrogens is 2. The van der Waals surface area contributed by atoms with Crippen LogP contribution in [0.5, 0.6) is 0 Å². The second-order valence-electron chi connectivity index (χ2n) is 6.61. The first kappa shape index (κ1) is 21.5. The highest BCUT2D eigenvalue weighted by molar-refractivity contribution is 7.90. The Balaban J connectivity index is 0.000000806. The first-order valence-electron chi connectivity index (χ1n) is 9.26. The minimum atomic E-state index is -3.86. The molecule has 0 saturated carbocycles. The molecule has 0 aliphatic carbocycles. The first-order valence-corrected chi connectivity index (χ1v) is 10.7. The zero-order valence-electron chi connectivity index (χ0n) is 16.4. The van der Waals surface area contributed by atoms with Gasteiger partial charge >= 0.3 is 0 Å². The number of piperazine rings is 1. The zero-order chi connectivity index (χ0) is 21.7. The number of anilines is 1. The van der Waals surface area contributed by atoms with Crippen molar-refractivity contribution in [1.29, 1.82) is 0 Å². The average molecular weight is 430 g/mol. The van der Waals surface area contributed by atoms with Gasteiger partial charge in [0, 0.05) is 44.1 Å². The predicted molar refractivity (Wildman–Crippen MR) is 113 cm³/mol. The third-order valence-corrected chi connectivity index (χ3v) is 6.43. The van der Waals surface area contributed by atoms with Crippen LogP contribution in [0.25, 0.3) is 11.0 Å². The Bertz CT molecular complexity index is 1170. The molecule has 9 nitrogen and oxygen atoms in total. The molecule has 1 aliphatic rings. The SMILES string of the molecule is CC(=O)c1cccc(S(=O)(=O)n2cc(N3CCNCC3)c3ncccc32)c1.O=CO. The summed E-state index contributed by atoms with van der Waals surface area (Å²) in [6.07, 6.45) is 3.31. The summed E-state index contributed by atoms with van der Waals surface area (Å²) >= 11 is 0. The van der Waals surface area contributed by atoms with Gasteiger partial charge in [0.15, 0.2) is 5.78 Å². The fourth-order valence-electron chi connectivity index (χ4n) is 3.34. The molecule has 0 spiro atoms. The van der Waals surface area contributed by atoms with Gasteiger partial charge in [0.05, 0.1) is 16.1 Å². The zero-order valence-corrected chi connectivity index (χ0v) is 17.2. The molecule has 10 heteroatoms.